The second kappa shape index (κ2) is 10.1. The minimum absolute atomic E-state index is 0.127. The zero-order chi connectivity index (χ0) is 24.0. The number of benzene rings is 2. The SMILES string of the molecule is O=C(O)C(Cc1cccc(OC(F)(F)C(F)F)c1)C(=O)c1ccc(Oc2ccccc2)cn1. The van der Waals surface area contributed by atoms with Gasteiger partial charge >= 0.3 is 18.5 Å². The Morgan fingerprint density at radius 2 is 1.64 bits per heavy atom. The van der Waals surface area contributed by atoms with E-state index in [1.54, 1.807) is 24.3 Å². The molecule has 1 aromatic heterocycles. The van der Waals surface area contributed by atoms with Crippen LogP contribution in [0.4, 0.5) is 17.6 Å². The first kappa shape index (κ1) is 23.7. The van der Waals surface area contributed by atoms with Gasteiger partial charge in [-0.05, 0) is 48.4 Å². The molecular formula is C23H17F4NO5. The first-order valence-electron chi connectivity index (χ1n) is 9.55. The summed E-state index contributed by atoms with van der Waals surface area (Å²) < 4.78 is 60.5. The van der Waals surface area contributed by atoms with Gasteiger partial charge < -0.3 is 14.6 Å². The van der Waals surface area contributed by atoms with Crippen molar-refractivity contribution >= 4 is 11.8 Å². The number of Topliss-reactive ketones (excluding diaryl/α,β-unsaturated/α-hetero) is 1. The van der Waals surface area contributed by atoms with Crippen LogP contribution in [0.15, 0.2) is 72.9 Å². The zero-order valence-corrected chi connectivity index (χ0v) is 16.8. The summed E-state index contributed by atoms with van der Waals surface area (Å²) in [5, 5.41) is 9.52. The minimum atomic E-state index is -4.71. The standard InChI is InChI=1S/C23H17F4NO5/c24-22(25)23(26,27)33-16-8-4-5-14(11-16)12-18(21(30)31)20(29)19-10-9-17(13-28-19)32-15-6-2-1-3-7-15/h1-11,13,18,22H,12H2,(H,30,31). The van der Waals surface area contributed by atoms with Crippen LogP contribution < -0.4 is 9.47 Å². The number of carboxylic acid groups (broad SMARTS) is 1. The van der Waals surface area contributed by atoms with Gasteiger partial charge in [-0.15, -0.1) is 0 Å². The molecule has 0 aliphatic heterocycles. The molecule has 0 saturated carbocycles. The van der Waals surface area contributed by atoms with Gasteiger partial charge in [0.1, 0.15) is 28.9 Å². The van der Waals surface area contributed by atoms with Gasteiger partial charge in [0.05, 0.1) is 6.20 Å². The topological polar surface area (TPSA) is 85.7 Å². The summed E-state index contributed by atoms with van der Waals surface area (Å²) in [5.74, 6) is -3.59. The summed E-state index contributed by atoms with van der Waals surface area (Å²) in [5.41, 5.74) is -0.0122. The molecule has 0 bridgehead atoms. The molecule has 0 aliphatic rings. The number of carbonyl (C=O) groups is 2. The number of hydrogen-bond donors (Lipinski definition) is 1. The van der Waals surface area contributed by atoms with Crippen molar-refractivity contribution in [3.63, 3.8) is 0 Å². The molecule has 2 aromatic carbocycles. The van der Waals surface area contributed by atoms with E-state index in [0.717, 1.165) is 12.1 Å². The lowest BCUT2D eigenvalue weighted by Crippen LogP contribution is -2.33. The molecule has 33 heavy (non-hydrogen) atoms. The van der Waals surface area contributed by atoms with E-state index in [4.69, 9.17) is 4.74 Å². The minimum Gasteiger partial charge on any atom is -0.481 e. The normalized spacial score (nSPS) is 12.3. The van der Waals surface area contributed by atoms with Gasteiger partial charge in [0, 0.05) is 0 Å². The van der Waals surface area contributed by atoms with E-state index in [1.165, 1.54) is 30.5 Å². The van der Waals surface area contributed by atoms with Gasteiger partial charge in [0.15, 0.2) is 5.78 Å². The third-order valence-corrected chi connectivity index (χ3v) is 4.43. The summed E-state index contributed by atoms with van der Waals surface area (Å²) in [6.07, 6.45) is -7.89. The van der Waals surface area contributed by atoms with Gasteiger partial charge in [-0.2, -0.15) is 17.6 Å². The highest BCUT2D eigenvalue weighted by atomic mass is 19.3. The monoisotopic (exact) mass is 463 g/mol. The lowest BCUT2D eigenvalue weighted by Gasteiger charge is -2.17. The largest absolute Gasteiger partial charge is 0.481 e. The summed E-state index contributed by atoms with van der Waals surface area (Å²) in [4.78, 5) is 28.4. The molecule has 0 amide bonds. The molecule has 0 fully saturated rings. The molecule has 0 aliphatic carbocycles. The first-order chi connectivity index (χ1) is 15.7. The number of aromatic nitrogens is 1. The number of carbonyl (C=O) groups excluding carboxylic acids is 1. The Morgan fingerprint density at radius 3 is 2.24 bits per heavy atom. The molecule has 0 radical (unpaired) electrons. The summed E-state index contributed by atoms with van der Waals surface area (Å²) in [6.45, 7) is 0. The van der Waals surface area contributed by atoms with E-state index in [1.807, 2.05) is 6.07 Å². The molecule has 3 aromatic rings. The molecule has 1 unspecified atom stereocenters. The van der Waals surface area contributed by atoms with Crippen molar-refractivity contribution in [1.82, 2.24) is 4.98 Å². The number of ether oxygens (including phenoxy) is 2. The smallest absolute Gasteiger partial charge is 0.461 e. The first-order valence-corrected chi connectivity index (χ1v) is 9.55. The highest BCUT2D eigenvalue weighted by Gasteiger charge is 2.44. The number of nitrogens with zero attached hydrogens (tertiary/aromatic N) is 1. The number of hydrogen-bond acceptors (Lipinski definition) is 5. The lowest BCUT2D eigenvalue weighted by atomic mass is 9.93. The highest BCUT2D eigenvalue weighted by molar-refractivity contribution is 6.07. The van der Waals surface area contributed by atoms with Crippen LogP contribution in [0.3, 0.4) is 0 Å². The van der Waals surface area contributed by atoms with Crippen LogP contribution in [0.25, 0.3) is 0 Å². The van der Waals surface area contributed by atoms with Crippen molar-refractivity contribution < 1.29 is 41.7 Å². The third kappa shape index (κ3) is 6.28. The Hall–Kier alpha value is -3.95. The van der Waals surface area contributed by atoms with E-state index in [-0.39, 0.29) is 11.3 Å². The van der Waals surface area contributed by atoms with Crippen LogP contribution in [0.5, 0.6) is 17.2 Å². The fourth-order valence-electron chi connectivity index (χ4n) is 2.86. The summed E-state index contributed by atoms with van der Waals surface area (Å²) in [7, 11) is 0. The van der Waals surface area contributed by atoms with E-state index in [9.17, 15) is 32.3 Å². The van der Waals surface area contributed by atoms with Gasteiger partial charge in [0.2, 0.25) is 0 Å². The number of halogens is 4. The predicted octanol–water partition coefficient (Wildman–Crippen LogP) is 5.24. The van der Waals surface area contributed by atoms with Crippen molar-refractivity contribution in [2.24, 2.45) is 5.92 Å². The number of alkyl halides is 4. The average Bonchev–Trinajstić information content (AvgIpc) is 2.78. The van der Waals surface area contributed by atoms with Gasteiger partial charge in [0.25, 0.3) is 0 Å². The van der Waals surface area contributed by atoms with Gasteiger partial charge in [-0.1, -0.05) is 30.3 Å². The van der Waals surface area contributed by atoms with Crippen LogP contribution in [-0.4, -0.2) is 34.4 Å². The second-order valence-corrected chi connectivity index (χ2v) is 6.87. The molecule has 1 atom stereocenters. The Balaban J connectivity index is 1.73. The van der Waals surface area contributed by atoms with E-state index < -0.39 is 42.4 Å². The van der Waals surface area contributed by atoms with Crippen LogP contribution in [0.2, 0.25) is 0 Å². The van der Waals surface area contributed by atoms with Gasteiger partial charge in [-0.25, -0.2) is 4.98 Å². The third-order valence-electron chi connectivity index (χ3n) is 4.43. The molecule has 0 saturated heterocycles. The van der Waals surface area contributed by atoms with Crippen LogP contribution in [0.1, 0.15) is 16.1 Å². The summed E-state index contributed by atoms with van der Waals surface area (Å²) in [6, 6.07) is 16.1. The molecular weight excluding hydrogens is 446 g/mol. The van der Waals surface area contributed by atoms with Gasteiger partial charge in [-0.3, -0.25) is 9.59 Å². The molecule has 3 rings (SSSR count). The Labute approximate surface area is 185 Å². The lowest BCUT2D eigenvalue weighted by molar-refractivity contribution is -0.253. The fraction of sp³-hybridized carbons (Fsp3) is 0.174. The second-order valence-electron chi connectivity index (χ2n) is 6.87. The maximum atomic E-state index is 13.1. The average molecular weight is 463 g/mol. The van der Waals surface area contributed by atoms with Crippen molar-refractivity contribution in [1.29, 1.82) is 0 Å². The van der Waals surface area contributed by atoms with Crippen molar-refractivity contribution in [3.8, 4) is 17.2 Å². The quantitative estimate of drug-likeness (QED) is 0.252. The van der Waals surface area contributed by atoms with Crippen LogP contribution >= 0.6 is 0 Å². The molecule has 0 spiro atoms. The fourth-order valence-corrected chi connectivity index (χ4v) is 2.86. The number of ketones is 1. The maximum absolute atomic E-state index is 13.1. The van der Waals surface area contributed by atoms with Crippen molar-refractivity contribution in [2.75, 3.05) is 0 Å². The van der Waals surface area contributed by atoms with Crippen molar-refractivity contribution in [3.05, 3.63) is 84.2 Å². The Bertz CT molecular complexity index is 1110. The number of rotatable bonds is 10. The Morgan fingerprint density at radius 1 is 0.939 bits per heavy atom. The number of pyridine rings is 1. The number of aliphatic carboxylic acids is 1. The maximum Gasteiger partial charge on any atom is 0.461 e. The van der Waals surface area contributed by atoms with E-state index in [0.29, 0.717) is 11.5 Å². The summed E-state index contributed by atoms with van der Waals surface area (Å²) >= 11 is 0. The van der Waals surface area contributed by atoms with E-state index in [2.05, 4.69) is 9.72 Å². The molecule has 172 valence electrons. The number of para-hydroxylation sites is 1. The molecule has 10 heteroatoms. The molecule has 1 N–H and O–H groups in total. The van der Waals surface area contributed by atoms with Crippen LogP contribution in [-0.2, 0) is 11.2 Å². The molecule has 1 heterocycles. The van der Waals surface area contributed by atoms with Crippen LogP contribution in [0, 0.1) is 5.92 Å². The molecule has 6 nitrogen and oxygen atoms in total. The van der Waals surface area contributed by atoms with Crippen molar-refractivity contribution in [2.45, 2.75) is 19.0 Å². The zero-order valence-electron chi connectivity index (χ0n) is 16.8. The highest BCUT2D eigenvalue weighted by Crippen LogP contribution is 2.29. The Kier molecular flexibility index (Phi) is 7.27. The predicted molar refractivity (Wildman–Crippen MR) is 108 cm³/mol. The number of carboxylic acids is 1. The van der Waals surface area contributed by atoms with E-state index >= 15 is 0 Å².